The molecule has 1 aromatic carbocycles. The summed E-state index contributed by atoms with van der Waals surface area (Å²) in [7, 11) is 0. The molecule has 0 bridgehead atoms. The first-order valence-corrected chi connectivity index (χ1v) is 11.5. The van der Waals surface area contributed by atoms with Gasteiger partial charge in [0.25, 0.3) is 11.8 Å². The zero-order valence-corrected chi connectivity index (χ0v) is 19.9. The highest BCUT2D eigenvalue weighted by molar-refractivity contribution is 5.97. The summed E-state index contributed by atoms with van der Waals surface area (Å²) >= 11 is 0. The van der Waals surface area contributed by atoms with Crippen molar-refractivity contribution in [2.24, 2.45) is 5.92 Å². The Bertz CT molecular complexity index is 957. The highest BCUT2D eigenvalue weighted by atomic mass is 16.5. The van der Waals surface area contributed by atoms with Crippen LogP contribution in [0.1, 0.15) is 31.1 Å². The number of amides is 2. The molecule has 0 spiro atoms. The van der Waals surface area contributed by atoms with Gasteiger partial charge in [-0.3, -0.25) is 9.59 Å². The quantitative estimate of drug-likeness (QED) is 0.563. The number of piperazine rings is 1. The van der Waals surface area contributed by atoms with E-state index < -0.39 is 17.9 Å². The summed E-state index contributed by atoms with van der Waals surface area (Å²) in [5, 5.41) is 2.72. The Balaban J connectivity index is 1.48. The van der Waals surface area contributed by atoms with Crippen LogP contribution in [0.25, 0.3) is 0 Å². The van der Waals surface area contributed by atoms with Crippen LogP contribution in [0.3, 0.4) is 0 Å². The maximum absolute atomic E-state index is 12.7. The predicted molar refractivity (Wildman–Crippen MR) is 128 cm³/mol. The Morgan fingerprint density at radius 1 is 1.03 bits per heavy atom. The average Bonchev–Trinajstić information content (AvgIpc) is 2.86. The smallest absolute Gasteiger partial charge is 0.329 e. The molecule has 3 rings (SSSR count). The van der Waals surface area contributed by atoms with Crippen molar-refractivity contribution in [3.8, 4) is 5.75 Å². The highest BCUT2D eigenvalue weighted by Crippen LogP contribution is 2.14. The largest absolute Gasteiger partial charge is 0.494 e. The lowest BCUT2D eigenvalue weighted by Gasteiger charge is -2.35. The van der Waals surface area contributed by atoms with Crippen molar-refractivity contribution in [2.45, 2.75) is 26.8 Å². The van der Waals surface area contributed by atoms with Crippen molar-refractivity contribution < 1.29 is 23.9 Å². The Hall–Kier alpha value is -3.62. The summed E-state index contributed by atoms with van der Waals surface area (Å²) in [6.45, 7) is 8.03. The molecular formula is C25H32N4O5. The molecule has 1 N–H and O–H groups in total. The summed E-state index contributed by atoms with van der Waals surface area (Å²) in [5.41, 5.74) is 0.406. The van der Waals surface area contributed by atoms with Gasteiger partial charge in [0.2, 0.25) is 0 Å². The maximum atomic E-state index is 12.7. The number of rotatable bonds is 9. The van der Waals surface area contributed by atoms with Crippen molar-refractivity contribution in [3.05, 3.63) is 54.2 Å². The van der Waals surface area contributed by atoms with Crippen molar-refractivity contribution in [2.75, 3.05) is 44.3 Å². The zero-order valence-electron chi connectivity index (χ0n) is 19.9. The number of esters is 1. The fourth-order valence-electron chi connectivity index (χ4n) is 3.63. The summed E-state index contributed by atoms with van der Waals surface area (Å²) in [4.78, 5) is 46.0. The van der Waals surface area contributed by atoms with E-state index in [1.54, 1.807) is 35.4 Å². The van der Waals surface area contributed by atoms with Gasteiger partial charge >= 0.3 is 5.97 Å². The fraction of sp³-hybridized carbons (Fsp3) is 0.440. The lowest BCUT2D eigenvalue weighted by Crippen LogP contribution is -2.51. The van der Waals surface area contributed by atoms with Gasteiger partial charge in [-0.1, -0.05) is 19.9 Å². The van der Waals surface area contributed by atoms with Gasteiger partial charge in [0.1, 0.15) is 17.6 Å². The van der Waals surface area contributed by atoms with E-state index in [0.29, 0.717) is 44.1 Å². The van der Waals surface area contributed by atoms with Gasteiger partial charge < -0.3 is 24.6 Å². The van der Waals surface area contributed by atoms with Gasteiger partial charge in [-0.15, -0.1) is 0 Å². The third-order valence-electron chi connectivity index (χ3n) is 5.58. The third kappa shape index (κ3) is 6.69. The number of nitrogens with one attached hydrogen (secondary N) is 1. The van der Waals surface area contributed by atoms with E-state index in [1.807, 2.05) is 39.0 Å². The number of pyridine rings is 1. The standard InChI is InChI=1S/C25H32N4O5/c1-4-33-20-10-8-19(9-11-20)24(31)27-23(18(2)3)25(32)34-17-22(30)29-15-13-28(14-16-29)21-7-5-6-12-26-21/h5-12,18,23H,4,13-17H2,1-3H3,(H,27,31)/t23-/m0/s1. The molecule has 1 aromatic heterocycles. The van der Waals surface area contributed by atoms with Crippen LogP contribution >= 0.6 is 0 Å². The maximum Gasteiger partial charge on any atom is 0.329 e. The van der Waals surface area contributed by atoms with Crippen LogP contribution < -0.4 is 15.0 Å². The van der Waals surface area contributed by atoms with Crippen molar-refractivity contribution in [3.63, 3.8) is 0 Å². The number of ether oxygens (including phenoxy) is 2. The molecule has 1 aliphatic heterocycles. The monoisotopic (exact) mass is 468 g/mol. The number of benzene rings is 1. The summed E-state index contributed by atoms with van der Waals surface area (Å²) in [6, 6.07) is 11.5. The molecule has 0 radical (unpaired) electrons. The van der Waals surface area contributed by atoms with E-state index in [-0.39, 0.29) is 18.4 Å². The van der Waals surface area contributed by atoms with Gasteiger partial charge in [0.05, 0.1) is 6.61 Å². The number of anilines is 1. The number of aromatic nitrogens is 1. The van der Waals surface area contributed by atoms with E-state index in [9.17, 15) is 14.4 Å². The summed E-state index contributed by atoms with van der Waals surface area (Å²) in [6.07, 6.45) is 1.74. The fourth-order valence-corrected chi connectivity index (χ4v) is 3.63. The SMILES string of the molecule is CCOc1ccc(C(=O)N[C@H](C(=O)OCC(=O)N2CCN(c3ccccn3)CC2)C(C)C)cc1. The van der Waals surface area contributed by atoms with Crippen LogP contribution in [0.15, 0.2) is 48.7 Å². The summed E-state index contributed by atoms with van der Waals surface area (Å²) in [5.74, 6) is 0.0540. The first kappa shape index (κ1) is 25.0. The van der Waals surface area contributed by atoms with Crippen LogP contribution in [0, 0.1) is 5.92 Å². The number of hydrogen-bond donors (Lipinski definition) is 1. The molecule has 0 saturated carbocycles. The number of carbonyl (C=O) groups excluding carboxylic acids is 3. The van der Waals surface area contributed by atoms with Gasteiger partial charge in [-0.25, -0.2) is 9.78 Å². The normalized spacial score (nSPS) is 14.5. The van der Waals surface area contributed by atoms with E-state index in [0.717, 1.165) is 5.82 Å². The van der Waals surface area contributed by atoms with Crippen LogP contribution in [0.4, 0.5) is 5.82 Å². The molecule has 1 fully saturated rings. The lowest BCUT2D eigenvalue weighted by molar-refractivity contribution is -0.154. The second kappa shape index (κ2) is 12.0. The van der Waals surface area contributed by atoms with E-state index in [4.69, 9.17) is 9.47 Å². The number of nitrogens with zero attached hydrogens (tertiary/aromatic N) is 3. The molecular weight excluding hydrogens is 436 g/mol. The van der Waals surface area contributed by atoms with Gasteiger partial charge in [-0.2, -0.15) is 0 Å². The van der Waals surface area contributed by atoms with Gasteiger partial charge in [0.15, 0.2) is 6.61 Å². The molecule has 0 aliphatic carbocycles. The second-order valence-corrected chi connectivity index (χ2v) is 8.32. The average molecular weight is 469 g/mol. The third-order valence-corrected chi connectivity index (χ3v) is 5.58. The first-order chi connectivity index (χ1) is 16.4. The van der Waals surface area contributed by atoms with Crippen molar-refractivity contribution in [1.82, 2.24) is 15.2 Å². The minimum atomic E-state index is -0.868. The Labute approximate surface area is 200 Å². The molecule has 2 aromatic rings. The molecule has 9 heteroatoms. The van der Waals surface area contributed by atoms with Crippen molar-refractivity contribution in [1.29, 1.82) is 0 Å². The predicted octanol–water partition coefficient (Wildman–Crippen LogP) is 2.13. The Kier molecular flexibility index (Phi) is 8.84. The molecule has 0 unspecified atom stereocenters. The molecule has 2 heterocycles. The first-order valence-electron chi connectivity index (χ1n) is 11.5. The number of carbonyl (C=O) groups is 3. The lowest BCUT2D eigenvalue weighted by atomic mass is 10.0. The minimum Gasteiger partial charge on any atom is -0.494 e. The Morgan fingerprint density at radius 3 is 2.32 bits per heavy atom. The highest BCUT2D eigenvalue weighted by Gasteiger charge is 2.28. The van der Waals surface area contributed by atoms with E-state index in [2.05, 4.69) is 15.2 Å². The topological polar surface area (TPSA) is 101 Å². The van der Waals surface area contributed by atoms with Crippen LogP contribution in [-0.2, 0) is 14.3 Å². The van der Waals surface area contributed by atoms with Crippen LogP contribution in [0.2, 0.25) is 0 Å². The molecule has 182 valence electrons. The van der Waals surface area contributed by atoms with Crippen molar-refractivity contribution >= 4 is 23.6 Å². The van der Waals surface area contributed by atoms with Crippen LogP contribution in [-0.4, -0.2) is 73.1 Å². The molecule has 9 nitrogen and oxygen atoms in total. The summed E-state index contributed by atoms with van der Waals surface area (Å²) < 4.78 is 10.7. The van der Waals surface area contributed by atoms with Gasteiger partial charge in [-0.05, 0) is 49.2 Å². The molecule has 34 heavy (non-hydrogen) atoms. The van der Waals surface area contributed by atoms with Crippen LogP contribution in [0.5, 0.6) is 5.75 Å². The van der Waals surface area contributed by atoms with E-state index in [1.165, 1.54) is 0 Å². The van der Waals surface area contributed by atoms with Gasteiger partial charge in [0, 0.05) is 37.9 Å². The molecule has 1 aliphatic rings. The molecule has 1 saturated heterocycles. The molecule has 2 amide bonds. The zero-order chi connectivity index (χ0) is 24.5. The second-order valence-electron chi connectivity index (χ2n) is 8.32. The minimum absolute atomic E-state index is 0.212. The number of hydrogen-bond acceptors (Lipinski definition) is 7. The molecule has 1 atom stereocenters. The van der Waals surface area contributed by atoms with E-state index >= 15 is 0 Å². The Morgan fingerprint density at radius 2 is 1.74 bits per heavy atom.